The van der Waals surface area contributed by atoms with Gasteiger partial charge in [0.2, 0.25) is 0 Å². The molecule has 0 aliphatic carbocycles. The highest BCUT2D eigenvalue weighted by atomic mass is 15.1. The van der Waals surface area contributed by atoms with Crippen molar-refractivity contribution in [3.05, 3.63) is 101 Å². The smallest absolute Gasteiger partial charge is 0.160 e. The molecule has 0 saturated heterocycles. The fraction of sp³-hybridized carbons (Fsp3) is 0.316. The van der Waals surface area contributed by atoms with Gasteiger partial charge in [-0.05, 0) is 119 Å². The van der Waals surface area contributed by atoms with Gasteiger partial charge in [0.05, 0.1) is 11.4 Å². The second-order valence-corrected chi connectivity index (χ2v) is 10.5. The lowest BCUT2D eigenvalue weighted by Crippen LogP contribution is -2.21. The topological polar surface area (TPSA) is 35.5 Å². The first-order valence-electron chi connectivity index (χ1n) is 15.8. The van der Waals surface area contributed by atoms with Gasteiger partial charge in [-0.15, -0.1) is 0 Å². The number of hydrogen-bond donors (Lipinski definition) is 0. The molecule has 0 amide bonds. The second kappa shape index (κ2) is 15.7. The average molecular weight is 574 g/mol. The van der Waals surface area contributed by atoms with E-state index in [2.05, 4.69) is 159 Å². The Morgan fingerprint density at radius 3 is 1.09 bits per heavy atom. The molecule has 5 nitrogen and oxygen atoms in total. The van der Waals surface area contributed by atoms with E-state index in [1.54, 1.807) is 0 Å². The highest BCUT2D eigenvalue weighted by molar-refractivity contribution is 5.74. The molecule has 4 aromatic rings. The molecule has 0 radical (unpaired) electrons. The molecule has 0 aliphatic heterocycles. The SMILES string of the molecule is CCN(CC)c1ccc(/C=C/c2cc(/C=C/c3ccc(N(CC)CC)cc3)nc(-c3ccc(N(CC)CC)cc3)n2)cc1. The first-order chi connectivity index (χ1) is 21.0. The van der Waals surface area contributed by atoms with Crippen molar-refractivity contribution in [2.75, 3.05) is 54.0 Å². The molecule has 0 unspecified atom stereocenters. The van der Waals surface area contributed by atoms with Crippen LogP contribution in [0.1, 0.15) is 64.1 Å². The molecule has 0 saturated carbocycles. The molecular weight excluding hydrogens is 526 g/mol. The molecule has 0 aliphatic rings. The molecule has 0 N–H and O–H groups in total. The van der Waals surface area contributed by atoms with Crippen LogP contribution in [0.5, 0.6) is 0 Å². The summed E-state index contributed by atoms with van der Waals surface area (Å²) in [5, 5.41) is 0. The van der Waals surface area contributed by atoms with Gasteiger partial charge in [-0.2, -0.15) is 0 Å². The lowest BCUT2D eigenvalue weighted by molar-refractivity contribution is 0.866. The van der Waals surface area contributed by atoms with Crippen LogP contribution in [0.2, 0.25) is 0 Å². The van der Waals surface area contributed by atoms with E-state index in [9.17, 15) is 0 Å². The lowest BCUT2D eigenvalue weighted by Gasteiger charge is -2.21. The Morgan fingerprint density at radius 1 is 0.442 bits per heavy atom. The van der Waals surface area contributed by atoms with E-state index in [-0.39, 0.29) is 0 Å². The minimum Gasteiger partial charge on any atom is -0.372 e. The first kappa shape index (κ1) is 31.6. The number of nitrogens with zero attached hydrogens (tertiary/aromatic N) is 5. The number of anilines is 3. The van der Waals surface area contributed by atoms with Crippen molar-refractivity contribution in [2.45, 2.75) is 41.5 Å². The van der Waals surface area contributed by atoms with Crippen LogP contribution in [-0.4, -0.2) is 49.2 Å². The second-order valence-electron chi connectivity index (χ2n) is 10.5. The first-order valence-corrected chi connectivity index (χ1v) is 15.8. The molecule has 1 aromatic heterocycles. The molecule has 0 spiro atoms. The van der Waals surface area contributed by atoms with E-state index >= 15 is 0 Å². The molecular formula is C38H47N5. The summed E-state index contributed by atoms with van der Waals surface area (Å²) in [5.41, 5.74) is 8.76. The highest BCUT2D eigenvalue weighted by Gasteiger charge is 2.08. The predicted octanol–water partition coefficient (Wildman–Crippen LogP) is 9.02. The van der Waals surface area contributed by atoms with Gasteiger partial charge < -0.3 is 14.7 Å². The minimum absolute atomic E-state index is 0.724. The van der Waals surface area contributed by atoms with Gasteiger partial charge in [-0.1, -0.05) is 36.4 Å². The molecule has 1 heterocycles. The van der Waals surface area contributed by atoms with Gasteiger partial charge in [-0.3, -0.25) is 0 Å². The van der Waals surface area contributed by atoms with Crippen LogP contribution < -0.4 is 14.7 Å². The maximum Gasteiger partial charge on any atom is 0.160 e. The van der Waals surface area contributed by atoms with Gasteiger partial charge in [-0.25, -0.2) is 9.97 Å². The van der Waals surface area contributed by atoms with Crippen LogP contribution in [-0.2, 0) is 0 Å². The third-order valence-electron chi connectivity index (χ3n) is 7.96. The third kappa shape index (κ3) is 8.35. The standard InChI is InChI=1S/C38H47N5/c1-7-41(8-2)35-23-15-30(16-24-35)13-21-33-29-34(22-14-31-17-25-36(26-18-31)42(9-3)10-4)40-38(39-33)32-19-27-37(28-20-32)43(11-5)12-6/h13-29H,7-12H2,1-6H3/b21-13+,22-14+. The Labute approximate surface area is 259 Å². The van der Waals surface area contributed by atoms with Crippen LogP contribution in [0, 0.1) is 0 Å². The zero-order valence-corrected chi connectivity index (χ0v) is 26.8. The van der Waals surface area contributed by atoms with E-state index in [0.717, 1.165) is 73.2 Å². The van der Waals surface area contributed by atoms with Crippen molar-refractivity contribution in [3.63, 3.8) is 0 Å². The van der Waals surface area contributed by atoms with Gasteiger partial charge >= 0.3 is 0 Å². The van der Waals surface area contributed by atoms with Crippen LogP contribution in [0.4, 0.5) is 17.1 Å². The van der Waals surface area contributed by atoms with E-state index in [0.29, 0.717) is 0 Å². The summed E-state index contributed by atoms with van der Waals surface area (Å²) in [7, 11) is 0. The van der Waals surface area contributed by atoms with E-state index in [1.807, 2.05) is 0 Å². The molecule has 0 atom stereocenters. The quantitative estimate of drug-likeness (QED) is 0.150. The maximum absolute atomic E-state index is 4.95. The Balaban J connectivity index is 1.64. The summed E-state index contributed by atoms with van der Waals surface area (Å²) in [5.74, 6) is 0.724. The van der Waals surface area contributed by atoms with Crippen molar-refractivity contribution < 1.29 is 0 Å². The van der Waals surface area contributed by atoms with Crippen molar-refractivity contribution in [2.24, 2.45) is 0 Å². The summed E-state index contributed by atoms with van der Waals surface area (Å²) in [6.45, 7) is 19.1. The minimum atomic E-state index is 0.724. The third-order valence-corrected chi connectivity index (χ3v) is 7.96. The zero-order chi connectivity index (χ0) is 30.6. The molecule has 3 aromatic carbocycles. The number of benzene rings is 3. The van der Waals surface area contributed by atoms with Gasteiger partial charge in [0.15, 0.2) is 5.82 Å². The van der Waals surface area contributed by atoms with Crippen molar-refractivity contribution >= 4 is 41.4 Å². The summed E-state index contributed by atoms with van der Waals surface area (Å²) in [4.78, 5) is 17.0. The Morgan fingerprint density at radius 2 is 0.767 bits per heavy atom. The van der Waals surface area contributed by atoms with Crippen LogP contribution in [0.15, 0.2) is 78.9 Å². The maximum atomic E-state index is 4.95. The summed E-state index contributed by atoms with van der Waals surface area (Å²) in [6.07, 6.45) is 8.41. The van der Waals surface area contributed by atoms with Gasteiger partial charge in [0.25, 0.3) is 0 Å². The summed E-state index contributed by atoms with van der Waals surface area (Å²) in [6, 6.07) is 28.1. The Kier molecular flexibility index (Phi) is 11.5. The van der Waals surface area contributed by atoms with Crippen LogP contribution >= 0.6 is 0 Å². The van der Waals surface area contributed by atoms with Gasteiger partial charge in [0, 0.05) is 61.9 Å². The molecule has 4 rings (SSSR count). The Bertz CT molecular complexity index is 1380. The predicted molar refractivity (Wildman–Crippen MR) is 189 cm³/mol. The summed E-state index contributed by atoms with van der Waals surface area (Å²) >= 11 is 0. The Hall–Kier alpha value is -4.38. The van der Waals surface area contributed by atoms with Crippen molar-refractivity contribution in [3.8, 4) is 11.4 Å². The number of hydrogen-bond acceptors (Lipinski definition) is 5. The normalized spacial score (nSPS) is 11.4. The zero-order valence-electron chi connectivity index (χ0n) is 26.8. The molecule has 0 fully saturated rings. The van der Waals surface area contributed by atoms with E-state index < -0.39 is 0 Å². The molecule has 43 heavy (non-hydrogen) atoms. The van der Waals surface area contributed by atoms with E-state index in [4.69, 9.17) is 9.97 Å². The highest BCUT2D eigenvalue weighted by Crippen LogP contribution is 2.24. The van der Waals surface area contributed by atoms with E-state index in [1.165, 1.54) is 17.1 Å². The monoisotopic (exact) mass is 573 g/mol. The van der Waals surface area contributed by atoms with Crippen LogP contribution in [0.25, 0.3) is 35.7 Å². The largest absolute Gasteiger partial charge is 0.372 e. The average Bonchev–Trinajstić information content (AvgIpc) is 3.06. The fourth-order valence-corrected chi connectivity index (χ4v) is 5.33. The van der Waals surface area contributed by atoms with Crippen LogP contribution in [0.3, 0.4) is 0 Å². The number of aromatic nitrogens is 2. The molecule has 0 bridgehead atoms. The van der Waals surface area contributed by atoms with Gasteiger partial charge in [0.1, 0.15) is 0 Å². The summed E-state index contributed by atoms with van der Waals surface area (Å²) < 4.78 is 0. The van der Waals surface area contributed by atoms with Crippen molar-refractivity contribution in [1.29, 1.82) is 0 Å². The lowest BCUT2D eigenvalue weighted by atomic mass is 10.1. The molecule has 224 valence electrons. The van der Waals surface area contributed by atoms with Crippen molar-refractivity contribution in [1.82, 2.24) is 9.97 Å². The molecule has 5 heteroatoms. The fourth-order valence-electron chi connectivity index (χ4n) is 5.33. The number of rotatable bonds is 14.